The Balaban J connectivity index is 2.97. The average Bonchev–Trinajstić information content (AvgIpc) is 1.61. The molecule has 39 valence electrons. The molecule has 1 amide bonds. The van der Waals surface area contributed by atoms with E-state index in [0.717, 1.165) is 6.47 Å². The Morgan fingerprint density at radius 2 is 2.43 bits per heavy atom. The molecule has 4 heteroatoms. The second-order valence-corrected chi connectivity index (χ2v) is 0.838. The van der Waals surface area contributed by atoms with Gasteiger partial charge in [-0.25, -0.2) is 4.79 Å². The molecule has 1 radical (unpaired) electrons. The molecular formula is C3H4NO3. The Morgan fingerprint density at radius 1 is 1.86 bits per heavy atom. The lowest BCUT2D eigenvalue weighted by molar-refractivity contribution is -0.120. The van der Waals surface area contributed by atoms with Gasteiger partial charge in [0.15, 0.2) is 6.61 Å². The van der Waals surface area contributed by atoms with Crippen LogP contribution >= 0.6 is 0 Å². The van der Waals surface area contributed by atoms with Crippen LogP contribution in [-0.2, 0) is 14.3 Å². The zero-order chi connectivity index (χ0) is 5.70. The van der Waals surface area contributed by atoms with Crippen LogP contribution in [0.15, 0.2) is 0 Å². The van der Waals surface area contributed by atoms with Crippen LogP contribution in [0.5, 0.6) is 0 Å². The van der Waals surface area contributed by atoms with E-state index in [0.29, 0.717) is 0 Å². The molecule has 0 aliphatic rings. The molecule has 4 nitrogen and oxygen atoms in total. The third-order valence-corrected chi connectivity index (χ3v) is 0.273. The maximum atomic E-state index is 9.68. The molecule has 0 aromatic carbocycles. The molecule has 0 heterocycles. The Bertz CT molecular complexity index is 80.2. The molecule has 0 saturated carbocycles. The zero-order valence-corrected chi connectivity index (χ0v) is 3.51. The maximum absolute atomic E-state index is 9.68. The summed E-state index contributed by atoms with van der Waals surface area (Å²) in [6, 6.07) is 0. The Labute approximate surface area is 40.2 Å². The molecule has 0 spiro atoms. The maximum Gasteiger partial charge on any atom is 0.417 e. The molecule has 0 bridgehead atoms. The van der Waals surface area contributed by atoms with E-state index in [9.17, 15) is 4.79 Å². The number of rotatable bonds is 3. The van der Waals surface area contributed by atoms with Gasteiger partial charge in [0.2, 0.25) is 0 Å². The molecule has 0 atom stereocenters. The quantitative estimate of drug-likeness (QED) is 0.474. The SMILES string of the molecule is NC(=O)CO[C]=O. The molecule has 0 aromatic rings. The average molecular weight is 102 g/mol. The van der Waals surface area contributed by atoms with Crippen LogP contribution < -0.4 is 5.73 Å². The number of ether oxygens (including phenoxy) is 1. The van der Waals surface area contributed by atoms with Crippen LogP contribution in [0.25, 0.3) is 0 Å². The summed E-state index contributed by atoms with van der Waals surface area (Å²) in [4.78, 5) is 18.8. The van der Waals surface area contributed by atoms with Gasteiger partial charge in [-0.15, -0.1) is 0 Å². The van der Waals surface area contributed by atoms with Crippen molar-refractivity contribution < 1.29 is 14.3 Å². The number of amides is 1. The highest BCUT2D eigenvalue weighted by Gasteiger charge is 1.88. The van der Waals surface area contributed by atoms with Crippen LogP contribution in [0.1, 0.15) is 0 Å². The van der Waals surface area contributed by atoms with Gasteiger partial charge in [0.05, 0.1) is 0 Å². The van der Waals surface area contributed by atoms with Crippen LogP contribution in [0.4, 0.5) is 0 Å². The van der Waals surface area contributed by atoms with Gasteiger partial charge in [-0.05, 0) is 0 Å². The number of hydrogen-bond donors (Lipinski definition) is 1. The van der Waals surface area contributed by atoms with Gasteiger partial charge in [-0.2, -0.15) is 0 Å². The van der Waals surface area contributed by atoms with E-state index >= 15 is 0 Å². The van der Waals surface area contributed by atoms with Gasteiger partial charge in [-0.3, -0.25) is 4.79 Å². The second kappa shape index (κ2) is 3.14. The first kappa shape index (κ1) is 5.94. The number of hydrogen-bond acceptors (Lipinski definition) is 3. The topological polar surface area (TPSA) is 69.4 Å². The van der Waals surface area contributed by atoms with E-state index in [1.54, 1.807) is 0 Å². The van der Waals surface area contributed by atoms with Gasteiger partial charge < -0.3 is 10.5 Å². The first-order chi connectivity index (χ1) is 3.27. The summed E-state index contributed by atoms with van der Waals surface area (Å²) in [7, 11) is 0. The smallest absolute Gasteiger partial charge is 0.417 e. The largest absolute Gasteiger partial charge is 0.447 e. The number of nitrogens with two attached hydrogens (primary N) is 1. The van der Waals surface area contributed by atoms with Crippen molar-refractivity contribution in [2.24, 2.45) is 5.73 Å². The molecule has 0 fully saturated rings. The van der Waals surface area contributed by atoms with Crippen LogP contribution in [0.2, 0.25) is 0 Å². The highest BCUT2D eigenvalue weighted by atomic mass is 16.5. The molecule has 0 aliphatic heterocycles. The summed E-state index contributed by atoms with van der Waals surface area (Å²) in [5.74, 6) is -0.677. The van der Waals surface area contributed by atoms with Crippen molar-refractivity contribution in [2.45, 2.75) is 0 Å². The van der Waals surface area contributed by atoms with Crippen molar-refractivity contribution in [3.63, 3.8) is 0 Å². The molecular weight excluding hydrogens is 98.0 g/mol. The summed E-state index contributed by atoms with van der Waals surface area (Å²) in [6.07, 6.45) is 0. The third kappa shape index (κ3) is 4.94. The number of carbonyl (C=O) groups excluding carboxylic acids is 2. The van der Waals surface area contributed by atoms with Crippen molar-refractivity contribution in [1.82, 2.24) is 0 Å². The van der Waals surface area contributed by atoms with Gasteiger partial charge >= 0.3 is 6.47 Å². The molecule has 7 heavy (non-hydrogen) atoms. The van der Waals surface area contributed by atoms with E-state index in [1.807, 2.05) is 0 Å². The number of carbonyl (C=O) groups is 1. The lowest BCUT2D eigenvalue weighted by Gasteiger charge is -1.85. The van der Waals surface area contributed by atoms with E-state index in [4.69, 9.17) is 4.79 Å². The lowest BCUT2D eigenvalue weighted by Crippen LogP contribution is -2.17. The second-order valence-electron chi connectivity index (χ2n) is 0.838. The van der Waals surface area contributed by atoms with Gasteiger partial charge in [0.25, 0.3) is 5.91 Å². The fourth-order valence-electron chi connectivity index (χ4n) is 0.101. The minimum atomic E-state index is -0.677. The van der Waals surface area contributed by atoms with Crippen LogP contribution in [0.3, 0.4) is 0 Å². The molecule has 0 aromatic heterocycles. The van der Waals surface area contributed by atoms with Crippen LogP contribution in [-0.4, -0.2) is 19.0 Å². The van der Waals surface area contributed by atoms with E-state index < -0.39 is 5.91 Å². The standard InChI is InChI=1S/C3H4NO3/c4-3(6)1-7-2-5/h1H2,(H2,4,6). The first-order valence-corrected chi connectivity index (χ1v) is 1.54. The van der Waals surface area contributed by atoms with Gasteiger partial charge in [0.1, 0.15) is 0 Å². The highest BCUT2D eigenvalue weighted by Crippen LogP contribution is 1.60. The minimum Gasteiger partial charge on any atom is -0.447 e. The third-order valence-electron chi connectivity index (χ3n) is 0.273. The van der Waals surface area contributed by atoms with Crippen molar-refractivity contribution in [3.05, 3.63) is 0 Å². The normalized spacial score (nSPS) is 7.43. The van der Waals surface area contributed by atoms with Crippen molar-refractivity contribution in [1.29, 1.82) is 0 Å². The van der Waals surface area contributed by atoms with E-state index in [-0.39, 0.29) is 6.61 Å². The molecule has 2 N–H and O–H groups in total. The molecule has 0 saturated heterocycles. The Kier molecular flexibility index (Phi) is 2.67. The van der Waals surface area contributed by atoms with Gasteiger partial charge in [-0.1, -0.05) is 0 Å². The Morgan fingerprint density at radius 3 is 2.57 bits per heavy atom. The Hall–Kier alpha value is -1.06. The summed E-state index contributed by atoms with van der Waals surface area (Å²) in [5, 5.41) is 0. The predicted molar refractivity (Wildman–Crippen MR) is 20.8 cm³/mol. The first-order valence-electron chi connectivity index (χ1n) is 1.54. The predicted octanol–water partition coefficient (Wildman–Crippen LogP) is -1.44. The number of primary amides is 1. The highest BCUT2D eigenvalue weighted by molar-refractivity contribution is 5.75. The lowest BCUT2D eigenvalue weighted by atomic mass is 10.7. The molecule has 0 unspecified atom stereocenters. The fraction of sp³-hybridized carbons (Fsp3) is 0.333. The van der Waals surface area contributed by atoms with Gasteiger partial charge in [0, 0.05) is 0 Å². The van der Waals surface area contributed by atoms with Crippen molar-refractivity contribution in [2.75, 3.05) is 6.61 Å². The summed E-state index contributed by atoms with van der Waals surface area (Å²) in [6.45, 7) is 0.663. The van der Waals surface area contributed by atoms with E-state index in [2.05, 4.69) is 10.5 Å². The van der Waals surface area contributed by atoms with Crippen LogP contribution in [0, 0.1) is 0 Å². The molecule has 0 rings (SSSR count). The zero-order valence-electron chi connectivity index (χ0n) is 3.51. The van der Waals surface area contributed by atoms with E-state index in [1.165, 1.54) is 0 Å². The monoisotopic (exact) mass is 102 g/mol. The van der Waals surface area contributed by atoms with Crippen molar-refractivity contribution >= 4 is 12.4 Å². The summed E-state index contributed by atoms with van der Waals surface area (Å²) in [5.41, 5.74) is 4.54. The minimum absolute atomic E-state index is 0.385. The van der Waals surface area contributed by atoms with Crippen molar-refractivity contribution in [3.8, 4) is 0 Å². The fourth-order valence-corrected chi connectivity index (χ4v) is 0.101. The summed E-state index contributed by atoms with van der Waals surface area (Å²) >= 11 is 0. The summed E-state index contributed by atoms with van der Waals surface area (Å²) < 4.78 is 3.81. The molecule has 0 aliphatic carbocycles.